The molecule has 6 nitrogen and oxygen atoms in total. The molecular formula is C16H27Cl2N5O. The van der Waals surface area contributed by atoms with Crippen molar-refractivity contribution in [1.29, 1.82) is 0 Å². The molecule has 1 unspecified atom stereocenters. The number of rotatable bonds is 5. The summed E-state index contributed by atoms with van der Waals surface area (Å²) in [5.74, 6) is 0.898. The van der Waals surface area contributed by atoms with Crippen molar-refractivity contribution in [2.75, 3.05) is 37.6 Å². The number of carbonyl (C=O) groups excluding carboxylic acids is 1. The molecule has 0 radical (unpaired) electrons. The number of amides is 1. The second-order valence-electron chi connectivity index (χ2n) is 6.12. The molecule has 136 valence electrons. The van der Waals surface area contributed by atoms with Crippen molar-refractivity contribution in [3.05, 3.63) is 17.8 Å². The van der Waals surface area contributed by atoms with E-state index in [0.717, 1.165) is 51.4 Å². The predicted octanol–water partition coefficient (Wildman–Crippen LogP) is 2.13. The van der Waals surface area contributed by atoms with Gasteiger partial charge in [-0.05, 0) is 44.4 Å². The maximum absolute atomic E-state index is 12.7. The van der Waals surface area contributed by atoms with Crippen LogP contribution in [0.15, 0.2) is 12.1 Å². The minimum absolute atomic E-state index is 0. The van der Waals surface area contributed by atoms with Crippen molar-refractivity contribution in [3.8, 4) is 0 Å². The van der Waals surface area contributed by atoms with Gasteiger partial charge in [-0.25, -0.2) is 0 Å². The summed E-state index contributed by atoms with van der Waals surface area (Å²) in [5.41, 5.74) is 0.461. The fourth-order valence-electron chi connectivity index (χ4n) is 3.30. The second-order valence-corrected chi connectivity index (χ2v) is 6.12. The van der Waals surface area contributed by atoms with E-state index in [1.807, 2.05) is 17.0 Å². The van der Waals surface area contributed by atoms with Crippen LogP contribution in [0.5, 0.6) is 0 Å². The molecule has 1 aromatic heterocycles. The van der Waals surface area contributed by atoms with Crippen LogP contribution in [0.25, 0.3) is 0 Å². The number of nitrogens with one attached hydrogen (secondary N) is 1. The molecule has 2 aliphatic rings. The van der Waals surface area contributed by atoms with Gasteiger partial charge in [0.2, 0.25) is 0 Å². The van der Waals surface area contributed by atoms with Gasteiger partial charge in [-0.3, -0.25) is 4.79 Å². The van der Waals surface area contributed by atoms with Gasteiger partial charge in [-0.1, -0.05) is 6.92 Å². The fraction of sp³-hybridized carbons (Fsp3) is 0.688. The Balaban J connectivity index is 0.00000144. The molecule has 3 heterocycles. The molecule has 2 aliphatic heterocycles. The topological polar surface area (TPSA) is 61.4 Å². The maximum Gasteiger partial charge on any atom is 0.274 e. The molecule has 1 aromatic rings. The number of nitrogens with zero attached hydrogens (tertiary/aromatic N) is 4. The SMILES string of the molecule is CCCN(C(=O)c1ccc(N2CCCC2)nn1)C1CCNC1.Cl.Cl. The lowest BCUT2D eigenvalue weighted by Crippen LogP contribution is -2.42. The first-order chi connectivity index (χ1) is 10.8. The number of hydrogen-bond acceptors (Lipinski definition) is 5. The summed E-state index contributed by atoms with van der Waals surface area (Å²) < 4.78 is 0. The van der Waals surface area contributed by atoms with E-state index >= 15 is 0 Å². The van der Waals surface area contributed by atoms with Crippen molar-refractivity contribution in [2.45, 2.75) is 38.6 Å². The van der Waals surface area contributed by atoms with Crippen LogP contribution in [-0.4, -0.2) is 59.8 Å². The molecule has 0 aromatic carbocycles. The molecule has 2 saturated heterocycles. The second kappa shape index (κ2) is 10.0. The lowest BCUT2D eigenvalue weighted by molar-refractivity contribution is 0.0685. The van der Waals surface area contributed by atoms with Crippen LogP contribution >= 0.6 is 24.8 Å². The number of halogens is 2. The zero-order valence-corrected chi connectivity index (χ0v) is 15.7. The van der Waals surface area contributed by atoms with Crippen LogP contribution in [0.2, 0.25) is 0 Å². The van der Waals surface area contributed by atoms with Crippen molar-refractivity contribution >= 4 is 36.5 Å². The van der Waals surface area contributed by atoms with E-state index < -0.39 is 0 Å². The van der Waals surface area contributed by atoms with Crippen LogP contribution in [0.3, 0.4) is 0 Å². The molecule has 0 saturated carbocycles. The lowest BCUT2D eigenvalue weighted by atomic mass is 10.2. The van der Waals surface area contributed by atoms with E-state index in [-0.39, 0.29) is 36.8 Å². The molecule has 0 bridgehead atoms. The van der Waals surface area contributed by atoms with E-state index in [4.69, 9.17) is 0 Å². The molecule has 1 atom stereocenters. The van der Waals surface area contributed by atoms with Crippen molar-refractivity contribution in [2.24, 2.45) is 0 Å². The largest absolute Gasteiger partial charge is 0.355 e. The first-order valence-electron chi connectivity index (χ1n) is 8.40. The molecule has 2 fully saturated rings. The van der Waals surface area contributed by atoms with Gasteiger partial charge in [-0.2, -0.15) is 0 Å². The first-order valence-corrected chi connectivity index (χ1v) is 8.40. The molecular weight excluding hydrogens is 349 g/mol. The van der Waals surface area contributed by atoms with E-state index in [1.165, 1.54) is 12.8 Å². The minimum Gasteiger partial charge on any atom is -0.355 e. The van der Waals surface area contributed by atoms with Gasteiger partial charge < -0.3 is 15.1 Å². The van der Waals surface area contributed by atoms with Crippen LogP contribution in [0, 0.1) is 0 Å². The standard InChI is InChI=1S/C16H25N5O.2ClH/c1-2-9-21(13-7-8-17-12-13)16(22)14-5-6-15(19-18-14)20-10-3-4-11-20;;/h5-6,13,17H,2-4,7-12H2,1H3;2*1H. The highest BCUT2D eigenvalue weighted by molar-refractivity contribution is 5.92. The summed E-state index contributed by atoms with van der Waals surface area (Å²) in [6.07, 6.45) is 4.40. The Hall–Kier alpha value is -1.11. The van der Waals surface area contributed by atoms with Gasteiger partial charge >= 0.3 is 0 Å². The van der Waals surface area contributed by atoms with E-state index in [2.05, 4.69) is 27.3 Å². The van der Waals surface area contributed by atoms with Gasteiger partial charge in [0, 0.05) is 32.2 Å². The average molecular weight is 376 g/mol. The van der Waals surface area contributed by atoms with Gasteiger partial charge in [0.15, 0.2) is 11.5 Å². The first kappa shape index (κ1) is 20.9. The third kappa shape index (κ3) is 4.71. The zero-order valence-electron chi connectivity index (χ0n) is 14.1. The summed E-state index contributed by atoms with van der Waals surface area (Å²) in [4.78, 5) is 16.9. The normalized spacial score (nSPS) is 19.5. The Labute approximate surface area is 156 Å². The third-order valence-corrected chi connectivity index (χ3v) is 4.50. The molecule has 0 spiro atoms. The average Bonchev–Trinajstić information content (AvgIpc) is 3.25. The maximum atomic E-state index is 12.7. The van der Waals surface area contributed by atoms with E-state index in [1.54, 1.807) is 0 Å². The van der Waals surface area contributed by atoms with Gasteiger partial charge in [0.1, 0.15) is 0 Å². The minimum atomic E-state index is 0. The van der Waals surface area contributed by atoms with Crippen molar-refractivity contribution < 1.29 is 4.79 Å². The summed E-state index contributed by atoms with van der Waals surface area (Å²) in [5, 5.41) is 11.8. The van der Waals surface area contributed by atoms with Crippen LogP contribution in [0.1, 0.15) is 43.1 Å². The Morgan fingerprint density at radius 2 is 2.04 bits per heavy atom. The Bertz CT molecular complexity index is 502. The van der Waals surface area contributed by atoms with E-state index in [9.17, 15) is 4.79 Å². The third-order valence-electron chi connectivity index (χ3n) is 4.50. The Kier molecular flexibility index (Phi) is 8.73. The summed E-state index contributed by atoms with van der Waals surface area (Å²) >= 11 is 0. The van der Waals surface area contributed by atoms with Gasteiger partial charge in [0.05, 0.1) is 0 Å². The lowest BCUT2D eigenvalue weighted by Gasteiger charge is -2.27. The highest BCUT2D eigenvalue weighted by atomic mass is 35.5. The molecule has 0 aliphatic carbocycles. The highest BCUT2D eigenvalue weighted by Gasteiger charge is 2.27. The molecule has 8 heteroatoms. The van der Waals surface area contributed by atoms with Crippen molar-refractivity contribution in [3.63, 3.8) is 0 Å². The smallest absolute Gasteiger partial charge is 0.274 e. The summed E-state index contributed by atoms with van der Waals surface area (Å²) in [6.45, 7) is 6.82. The van der Waals surface area contributed by atoms with Crippen LogP contribution < -0.4 is 10.2 Å². The number of anilines is 1. The zero-order chi connectivity index (χ0) is 15.4. The van der Waals surface area contributed by atoms with E-state index in [0.29, 0.717) is 5.69 Å². The molecule has 3 rings (SSSR count). The number of hydrogen-bond donors (Lipinski definition) is 1. The Morgan fingerprint density at radius 3 is 2.58 bits per heavy atom. The number of carbonyl (C=O) groups is 1. The Morgan fingerprint density at radius 1 is 1.29 bits per heavy atom. The van der Waals surface area contributed by atoms with Crippen molar-refractivity contribution in [1.82, 2.24) is 20.4 Å². The summed E-state index contributed by atoms with van der Waals surface area (Å²) in [7, 11) is 0. The van der Waals surface area contributed by atoms with Crippen LogP contribution in [-0.2, 0) is 0 Å². The van der Waals surface area contributed by atoms with Gasteiger partial charge in [-0.15, -0.1) is 35.0 Å². The predicted molar refractivity (Wildman–Crippen MR) is 101 cm³/mol. The van der Waals surface area contributed by atoms with Gasteiger partial charge in [0.25, 0.3) is 5.91 Å². The molecule has 24 heavy (non-hydrogen) atoms. The molecule has 1 N–H and O–H groups in total. The fourth-order valence-corrected chi connectivity index (χ4v) is 3.30. The van der Waals surface area contributed by atoms with Crippen LogP contribution in [0.4, 0.5) is 5.82 Å². The quantitative estimate of drug-likeness (QED) is 0.853. The highest BCUT2D eigenvalue weighted by Crippen LogP contribution is 2.18. The summed E-state index contributed by atoms with van der Waals surface area (Å²) in [6, 6.07) is 4.05. The molecule has 1 amide bonds. The monoisotopic (exact) mass is 375 g/mol. The number of aromatic nitrogens is 2.